The van der Waals surface area contributed by atoms with Crippen LogP contribution in [0.25, 0.3) is 6.08 Å². The highest BCUT2D eigenvalue weighted by atomic mass is 19.1. The summed E-state index contributed by atoms with van der Waals surface area (Å²) in [6.45, 7) is 1.73. The number of halogens is 1. The Morgan fingerprint density at radius 1 is 1.12 bits per heavy atom. The molecule has 1 aliphatic rings. The van der Waals surface area contributed by atoms with E-state index >= 15 is 0 Å². The van der Waals surface area contributed by atoms with E-state index in [1.165, 1.54) is 12.1 Å². The maximum atomic E-state index is 13.7. The SMILES string of the molecule is CC(NC(=O)/C=C/c1ccc(C(=O)NC2CC2)cc1)c1ccccc1F. The van der Waals surface area contributed by atoms with E-state index in [4.69, 9.17) is 0 Å². The minimum Gasteiger partial charge on any atom is -0.349 e. The van der Waals surface area contributed by atoms with Crippen LogP contribution < -0.4 is 10.6 Å². The predicted molar refractivity (Wildman–Crippen MR) is 98.9 cm³/mol. The molecular formula is C21H21FN2O2. The van der Waals surface area contributed by atoms with Crippen molar-refractivity contribution in [2.75, 3.05) is 0 Å². The van der Waals surface area contributed by atoms with Gasteiger partial charge in [0.25, 0.3) is 5.91 Å². The fourth-order valence-electron chi connectivity index (χ4n) is 2.58. The van der Waals surface area contributed by atoms with Crippen molar-refractivity contribution in [3.63, 3.8) is 0 Å². The normalized spacial score (nSPS) is 14.8. The molecule has 1 saturated carbocycles. The van der Waals surface area contributed by atoms with Crippen molar-refractivity contribution >= 4 is 17.9 Å². The number of hydrogen-bond donors (Lipinski definition) is 2. The minimum atomic E-state index is -0.429. The average molecular weight is 352 g/mol. The number of carbonyl (C=O) groups excluding carboxylic acids is 2. The fraction of sp³-hybridized carbons (Fsp3) is 0.238. The second kappa shape index (κ2) is 7.95. The van der Waals surface area contributed by atoms with Crippen molar-refractivity contribution in [1.29, 1.82) is 0 Å². The van der Waals surface area contributed by atoms with E-state index in [0.717, 1.165) is 18.4 Å². The first-order valence-corrected chi connectivity index (χ1v) is 8.67. The molecule has 0 aliphatic heterocycles. The quantitative estimate of drug-likeness (QED) is 0.781. The van der Waals surface area contributed by atoms with E-state index in [1.54, 1.807) is 55.5 Å². The van der Waals surface area contributed by atoms with E-state index < -0.39 is 6.04 Å². The van der Waals surface area contributed by atoms with E-state index in [2.05, 4.69) is 10.6 Å². The number of amides is 2. The molecule has 0 saturated heterocycles. The summed E-state index contributed by atoms with van der Waals surface area (Å²) >= 11 is 0. The van der Waals surface area contributed by atoms with Gasteiger partial charge in [-0.05, 0) is 49.6 Å². The molecule has 2 aromatic rings. The first kappa shape index (κ1) is 17.9. The van der Waals surface area contributed by atoms with Gasteiger partial charge < -0.3 is 10.6 Å². The molecule has 0 radical (unpaired) electrons. The van der Waals surface area contributed by atoms with Gasteiger partial charge in [-0.1, -0.05) is 30.3 Å². The molecule has 0 spiro atoms. The van der Waals surface area contributed by atoms with Crippen LogP contribution >= 0.6 is 0 Å². The standard InChI is InChI=1S/C21H21FN2O2/c1-14(18-4-2-3-5-19(18)22)23-20(25)13-8-15-6-9-16(10-7-15)21(26)24-17-11-12-17/h2-10,13-14,17H,11-12H2,1H3,(H,23,25)(H,24,26)/b13-8+. The number of nitrogens with one attached hydrogen (secondary N) is 2. The Balaban J connectivity index is 1.56. The van der Waals surface area contributed by atoms with Crippen LogP contribution in [0.3, 0.4) is 0 Å². The molecule has 3 rings (SSSR count). The molecule has 5 heteroatoms. The van der Waals surface area contributed by atoms with Gasteiger partial charge in [-0.2, -0.15) is 0 Å². The first-order valence-electron chi connectivity index (χ1n) is 8.67. The van der Waals surface area contributed by atoms with Gasteiger partial charge in [-0.15, -0.1) is 0 Å². The van der Waals surface area contributed by atoms with Crippen molar-refractivity contribution in [3.05, 3.63) is 77.1 Å². The van der Waals surface area contributed by atoms with Crippen molar-refractivity contribution in [2.45, 2.75) is 31.8 Å². The van der Waals surface area contributed by atoms with E-state index in [-0.39, 0.29) is 17.6 Å². The van der Waals surface area contributed by atoms with E-state index in [9.17, 15) is 14.0 Å². The summed E-state index contributed by atoms with van der Waals surface area (Å²) in [5, 5.41) is 5.67. The number of benzene rings is 2. The third-order valence-electron chi connectivity index (χ3n) is 4.24. The van der Waals surface area contributed by atoms with Gasteiger partial charge in [0.05, 0.1) is 6.04 Å². The minimum absolute atomic E-state index is 0.0699. The van der Waals surface area contributed by atoms with Crippen molar-refractivity contribution in [2.24, 2.45) is 0 Å². The third kappa shape index (κ3) is 4.79. The maximum Gasteiger partial charge on any atom is 0.251 e. The molecular weight excluding hydrogens is 331 g/mol. The molecule has 2 aromatic carbocycles. The van der Waals surface area contributed by atoms with Crippen LogP contribution in [0.15, 0.2) is 54.6 Å². The number of hydrogen-bond acceptors (Lipinski definition) is 2. The molecule has 1 aliphatic carbocycles. The Hall–Kier alpha value is -2.95. The van der Waals surface area contributed by atoms with Gasteiger partial charge in [0.15, 0.2) is 0 Å². The molecule has 2 N–H and O–H groups in total. The Kier molecular flexibility index (Phi) is 5.46. The van der Waals surface area contributed by atoms with Crippen LogP contribution in [0.4, 0.5) is 4.39 Å². The lowest BCUT2D eigenvalue weighted by Crippen LogP contribution is -2.25. The molecule has 1 fully saturated rings. The Morgan fingerprint density at radius 3 is 2.46 bits per heavy atom. The van der Waals surface area contributed by atoms with Crippen LogP contribution in [-0.4, -0.2) is 17.9 Å². The molecule has 4 nitrogen and oxygen atoms in total. The third-order valence-corrected chi connectivity index (χ3v) is 4.24. The Labute approximate surface area is 152 Å². The van der Waals surface area contributed by atoms with Crippen molar-refractivity contribution in [3.8, 4) is 0 Å². The highest BCUT2D eigenvalue weighted by Gasteiger charge is 2.23. The molecule has 1 unspecified atom stereocenters. The van der Waals surface area contributed by atoms with Crippen LogP contribution in [0, 0.1) is 5.82 Å². The zero-order chi connectivity index (χ0) is 18.5. The van der Waals surface area contributed by atoms with E-state index in [1.807, 2.05) is 0 Å². The van der Waals surface area contributed by atoms with E-state index in [0.29, 0.717) is 17.2 Å². The van der Waals surface area contributed by atoms with Crippen molar-refractivity contribution in [1.82, 2.24) is 10.6 Å². The molecule has 134 valence electrons. The van der Waals surface area contributed by atoms with Crippen molar-refractivity contribution < 1.29 is 14.0 Å². The fourth-order valence-corrected chi connectivity index (χ4v) is 2.58. The average Bonchev–Trinajstić information content (AvgIpc) is 3.44. The highest BCUT2D eigenvalue weighted by Crippen LogP contribution is 2.19. The molecule has 1 atom stereocenters. The molecule has 26 heavy (non-hydrogen) atoms. The topological polar surface area (TPSA) is 58.2 Å². The van der Waals surface area contributed by atoms with Crippen LogP contribution in [0.5, 0.6) is 0 Å². The molecule has 2 amide bonds. The Morgan fingerprint density at radius 2 is 1.81 bits per heavy atom. The second-order valence-corrected chi connectivity index (χ2v) is 6.45. The van der Waals surface area contributed by atoms with Gasteiger partial charge in [-0.3, -0.25) is 9.59 Å². The smallest absolute Gasteiger partial charge is 0.251 e. The monoisotopic (exact) mass is 352 g/mol. The molecule has 0 aromatic heterocycles. The number of rotatable bonds is 6. The predicted octanol–water partition coefficient (Wildman–Crippen LogP) is 3.61. The zero-order valence-electron chi connectivity index (χ0n) is 14.5. The summed E-state index contributed by atoms with van der Waals surface area (Å²) in [4.78, 5) is 24.0. The van der Waals surface area contributed by atoms with Crippen LogP contribution in [-0.2, 0) is 4.79 Å². The first-order chi connectivity index (χ1) is 12.5. The van der Waals surface area contributed by atoms with Gasteiger partial charge >= 0.3 is 0 Å². The van der Waals surface area contributed by atoms with Gasteiger partial charge in [0.1, 0.15) is 5.82 Å². The maximum absolute atomic E-state index is 13.7. The lowest BCUT2D eigenvalue weighted by Gasteiger charge is -2.13. The summed E-state index contributed by atoms with van der Waals surface area (Å²) in [6.07, 6.45) is 5.16. The van der Waals surface area contributed by atoms with Gasteiger partial charge in [-0.25, -0.2) is 4.39 Å². The van der Waals surface area contributed by atoms with Crippen LogP contribution in [0.1, 0.15) is 47.3 Å². The Bertz CT molecular complexity index is 826. The summed E-state index contributed by atoms with van der Waals surface area (Å²) in [7, 11) is 0. The van der Waals surface area contributed by atoms with Crippen LogP contribution in [0.2, 0.25) is 0 Å². The molecule has 0 heterocycles. The lowest BCUT2D eigenvalue weighted by molar-refractivity contribution is -0.117. The van der Waals surface area contributed by atoms with Gasteiger partial charge in [0.2, 0.25) is 5.91 Å². The number of carbonyl (C=O) groups is 2. The highest BCUT2D eigenvalue weighted by molar-refractivity contribution is 5.95. The summed E-state index contributed by atoms with van der Waals surface area (Å²) in [6, 6.07) is 13.3. The summed E-state index contributed by atoms with van der Waals surface area (Å²) in [5.41, 5.74) is 1.86. The summed E-state index contributed by atoms with van der Waals surface area (Å²) < 4.78 is 13.7. The summed E-state index contributed by atoms with van der Waals surface area (Å²) in [5.74, 6) is -0.722. The van der Waals surface area contributed by atoms with Gasteiger partial charge in [0, 0.05) is 23.2 Å². The second-order valence-electron chi connectivity index (χ2n) is 6.45. The zero-order valence-corrected chi connectivity index (χ0v) is 14.5. The largest absolute Gasteiger partial charge is 0.349 e. The lowest BCUT2D eigenvalue weighted by atomic mass is 10.1. The molecule has 0 bridgehead atoms.